The van der Waals surface area contributed by atoms with Gasteiger partial charge in [0.1, 0.15) is 11.0 Å². The number of aromatic nitrogens is 2. The molecule has 1 aromatic heterocycles. The van der Waals surface area contributed by atoms with Crippen LogP contribution in [-0.4, -0.2) is 35.8 Å². The van der Waals surface area contributed by atoms with Gasteiger partial charge in [-0.25, -0.2) is 4.98 Å². The summed E-state index contributed by atoms with van der Waals surface area (Å²) in [5.74, 6) is 0.0434. The number of anilines is 1. The molecule has 1 rings (SSSR count). The number of nitrogens with one attached hydrogen (secondary N) is 1. The fourth-order valence-electron chi connectivity index (χ4n) is 1.20. The quantitative estimate of drug-likeness (QED) is 0.664. The van der Waals surface area contributed by atoms with Gasteiger partial charge in [-0.1, -0.05) is 25.4 Å². The lowest BCUT2D eigenvalue weighted by Gasteiger charge is -2.18. The van der Waals surface area contributed by atoms with E-state index in [0.717, 1.165) is 0 Å². The molecule has 96 valence electrons. The highest BCUT2D eigenvalue weighted by Gasteiger charge is 2.19. The average molecular weight is 299 g/mol. The molecule has 0 spiro atoms. The fourth-order valence-corrected chi connectivity index (χ4v) is 2.79. The van der Waals surface area contributed by atoms with Crippen molar-refractivity contribution in [3.63, 3.8) is 0 Å². The highest BCUT2D eigenvalue weighted by Crippen LogP contribution is 2.16. The number of hydrogen-bond donors (Lipinski definition) is 1. The molecule has 0 aliphatic heterocycles. The normalized spacial score (nSPS) is 11.8. The van der Waals surface area contributed by atoms with Gasteiger partial charge in [0, 0.05) is 19.2 Å². The summed E-state index contributed by atoms with van der Waals surface area (Å²) in [5, 5.41) is -0.0445. The predicted octanol–water partition coefficient (Wildman–Crippen LogP) is 1.78. The Morgan fingerprint density at radius 2 is 1.88 bits per heavy atom. The van der Waals surface area contributed by atoms with Crippen molar-refractivity contribution in [2.75, 3.05) is 17.8 Å². The van der Waals surface area contributed by atoms with E-state index in [-0.39, 0.29) is 16.3 Å². The second-order valence-electron chi connectivity index (χ2n) is 3.04. The van der Waals surface area contributed by atoms with Crippen LogP contribution in [0.4, 0.5) is 5.82 Å². The van der Waals surface area contributed by atoms with Gasteiger partial charge >= 0.3 is 10.2 Å². The topological polar surface area (TPSA) is 75.2 Å². The summed E-state index contributed by atoms with van der Waals surface area (Å²) < 4.78 is 27.2. The summed E-state index contributed by atoms with van der Waals surface area (Å²) in [6, 6.07) is 1.29. The van der Waals surface area contributed by atoms with Crippen LogP contribution in [0.15, 0.2) is 6.07 Å². The minimum atomic E-state index is -3.63. The lowest BCUT2D eigenvalue weighted by atomic mass is 10.6. The van der Waals surface area contributed by atoms with Crippen LogP contribution in [0, 0.1) is 0 Å². The molecular weight excluding hydrogens is 287 g/mol. The molecule has 17 heavy (non-hydrogen) atoms. The molecule has 0 atom stereocenters. The Hall–Kier alpha value is -0.630. The molecule has 0 fully saturated rings. The zero-order valence-corrected chi connectivity index (χ0v) is 11.6. The molecule has 1 aromatic rings. The van der Waals surface area contributed by atoms with Crippen molar-refractivity contribution >= 4 is 39.2 Å². The molecule has 9 heteroatoms. The second-order valence-corrected chi connectivity index (χ2v) is 5.43. The first-order valence-electron chi connectivity index (χ1n) is 4.87. The van der Waals surface area contributed by atoms with Crippen LogP contribution < -0.4 is 4.72 Å². The molecule has 0 saturated carbocycles. The average Bonchev–Trinajstić information content (AvgIpc) is 2.15. The molecule has 0 aromatic carbocycles. The van der Waals surface area contributed by atoms with Crippen molar-refractivity contribution in [1.29, 1.82) is 0 Å². The first kappa shape index (κ1) is 14.4. The standard InChI is InChI=1S/C8H12Cl2N4O2S/c1-3-14(4-2)17(15,16)13-7-5-6(9)11-8(10)12-7/h5H,3-4H2,1-2H3,(H,11,12,13). The van der Waals surface area contributed by atoms with Gasteiger partial charge in [-0.05, 0) is 11.6 Å². The van der Waals surface area contributed by atoms with Crippen LogP contribution in [0.25, 0.3) is 0 Å². The summed E-state index contributed by atoms with van der Waals surface area (Å²) in [5.41, 5.74) is 0. The van der Waals surface area contributed by atoms with E-state index in [1.807, 2.05) is 0 Å². The number of rotatable bonds is 5. The van der Waals surface area contributed by atoms with Gasteiger partial charge in [-0.2, -0.15) is 17.7 Å². The number of halogens is 2. The fraction of sp³-hybridized carbons (Fsp3) is 0.500. The maximum absolute atomic E-state index is 11.9. The van der Waals surface area contributed by atoms with E-state index >= 15 is 0 Å². The molecule has 0 bridgehead atoms. The predicted molar refractivity (Wildman–Crippen MR) is 67.5 cm³/mol. The Labute approximate surface area is 110 Å². The zero-order chi connectivity index (χ0) is 13.1. The SMILES string of the molecule is CCN(CC)S(=O)(=O)Nc1cc(Cl)nc(Cl)n1. The maximum Gasteiger partial charge on any atom is 0.302 e. The number of hydrogen-bond acceptors (Lipinski definition) is 4. The third-order valence-corrected chi connectivity index (χ3v) is 3.97. The summed E-state index contributed by atoms with van der Waals surface area (Å²) >= 11 is 11.2. The largest absolute Gasteiger partial charge is 0.302 e. The highest BCUT2D eigenvalue weighted by atomic mass is 35.5. The molecule has 0 amide bonds. The molecule has 0 saturated heterocycles. The molecule has 0 radical (unpaired) electrons. The van der Waals surface area contributed by atoms with E-state index in [0.29, 0.717) is 13.1 Å². The van der Waals surface area contributed by atoms with Crippen molar-refractivity contribution in [3.8, 4) is 0 Å². The van der Waals surface area contributed by atoms with Crippen molar-refractivity contribution in [2.45, 2.75) is 13.8 Å². The Morgan fingerprint density at radius 3 is 2.35 bits per heavy atom. The van der Waals surface area contributed by atoms with Crippen LogP contribution in [-0.2, 0) is 10.2 Å². The summed E-state index contributed by atoms with van der Waals surface area (Å²) in [4.78, 5) is 7.34. The van der Waals surface area contributed by atoms with Gasteiger partial charge in [0.2, 0.25) is 5.28 Å². The Bertz CT molecular complexity index is 470. The maximum atomic E-state index is 11.9. The van der Waals surface area contributed by atoms with Crippen LogP contribution in [0.2, 0.25) is 10.4 Å². The van der Waals surface area contributed by atoms with Crippen molar-refractivity contribution in [2.24, 2.45) is 0 Å². The molecule has 0 aliphatic carbocycles. The van der Waals surface area contributed by atoms with E-state index in [1.54, 1.807) is 13.8 Å². The zero-order valence-electron chi connectivity index (χ0n) is 9.31. The molecule has 1 N–H and O–H groups in total. The molecular formula is C8H12Cl2N4O2S. The van der Waals surface area contributed by atoms with Crippen molar-refractivity contribution in [3.05, 3.63) is 16.5 Å². The Balaban J connectivity index is 2.97. The monoisotopic (exact) mass is 298 g/mol. The smallest absolute Gasteiger partial charge is 0.254 e. The highest BCUT2D eigenvalue weighted by molar-refractivity contribution is 7.90. The van der Waals surface area contributed by atoms with Gasteiger partial charge in [-0.3, -0.25) is 4.72 Å². The minimum Gasteiger partial charge on any atom is -0.254 e. The Kier molecular flexibility index (Phi) is 4.93. The molecule has 1 heterocycles. The van der Waals surface area contributed by atoms with Gasteiger partial charge in [0.25, 0.3) is 0 Å². The van der Waals surface area contributed by atoms with Crippen LogP contribution in [0.5, 0.6) is 0 Å². The van der Waals surface area contributed by atoms with E-state index in [9.17, 15) is 8.42 Å². The second kappa shape index (κ2) is 5.81. The van der Waals surface area contributed by atoms with Crippen LogP contribution in [0.1, 0.15) is 13.8 Å². The van der Waals surface area contributed by atoms with E-state index < -0.39 is 10.2 Å². The third-order valence-electron chi connectivity index (χ3n) is 1.95. The van der Waals surface area contributed by atoms with Gasteiger partial charge < -0.3 is 0 Å². The lowest BCUT2D eigenvalue weighted by molar-refractivity contribution is 0.449. The van der Waals surface area contributed by atoms with E-state index in [1.165, 1.54) is 10.4 Å². The van der Waals surface area contributed by atoms with Gasteiger partial charge in [0.05, 0.1) is 0 Å². The van der Waals surface area contributed by atoms with Gasteiger partial charge in [-0.15, -0.1) is 0 Å². The first-order valence-corrected chi connectivity index (χ1v) is 7.06. The summed E-state index contributed by atoms with van der Waals surface area (Å²) in [6.45, 7) is 4.20. The molecule has 6 nitrogen and oxygen atoms in total. The molecule has 0 unspecified atom stereocenters. The lowest BCUT2D eigenvalue weighted by Crippen LogP contribution is -2.35. The van der Waals surface area contributed by atoms with Gasteiger partial charge in [0.15, 0.2) is 0 Å². The molecule has 0 aliphatic rings. The number of nitrogens with zero attached hydrogens (tertiary/aromatic N) is 3. The van der Waals surface area contributed by atoms with E-state index in [2.05, 4.69) is 14.7 Å². The first-order chi connectivity index (χ1) is 7.89. The van der Waals surface area contributed by atoms with Crippen molar-refractivity contribution in [1.82, 2.24) is 14.3 Å². The Morgan fingerprint density at radius 1 is 1.29 bits per heavy atom. The van der Waals surface area contributed by atoms with Crippen molar-refractivity contribution < 1.29 is 8.42 Å². The van der Waals surface area contributed by atoms with E-state index in [4.69, 9.17) is 23.2 Å². The van der Waals surface area contributed by atoms with Crippen LogP contribution in [0.3, 0.4) is 0 Å². The minimum absolute atomic E-state index is 0.0434. The third kappa shape index (κ3) is 3.95. The van der Waals surface area contributed by atoms with Crippen LogP contribution >= 0.6 is 23.2 Å². The summed E-state index contributed by atoms with van der Waals surface area (Å²) in [7, 11) is -3.63. The summed E-state index contributed by atoms with van der Waals surface area (Å²) in [6.07, 6.45) is 0.